The minimum atomic E-state index is -0.381. The highest BCUT2D eigenvalue weighted by atomic mass is 79.9. The summed E-state index contributed by atoms with van der Waals surface area (Å²) in [6.45, 7) is 1.38. The number of ether oxygens (including phenoxy) is 1. The first-order valence-corrected chi connectivity index (χ1v) is 13.5. The van der Waals surface area contributed by atoms with Gasteiger partial charge in [-0.3, -0.25) is 9.69 Å². The maximum Gasteiger partial charge on any atom is 0.266 e. The number of hydrogen-bond donors (Lipinski definition) is 0. The molecule has 0 radical (unpaired) electrons. The third kappa shape index (κ3) is 5.40. The molecule has 36 heavy (non-hydrogen) atoms. The number of carbonyl (C=O) groups is 1. The van der Waals surface area contributed by atoms with Crippen LogP contribution in [0.1, 0.15) is 11.1 Å². The third-order valence-corrected chi connectivity index (χ3v) is 7.80. The molecular formula is C28H22BrFN2O2S2. The molecule has 0 atom stereocenters. The molecule has 4 aromatic rings. The van der Waals surface area contributed by atoms with Gasteiger partial charge in [0.2, 0.25) is 0 Å². The second kappa shape index (κ2) is 11.0. The van der Waals surface area contributed by atoms with Gasteiger partial charge in [0, 0.05) is 33.7 Å². The zero-order valence-electron chi connectivity index (χ0n) is 19.2. The molecule has 5 rings (SSSR count). The van der Waals surface area contributed by atoms with Crippen molar-refractivity contribution in [1.29, 1.82) is 0 Å². The van der Waals surface area contributed by atoms with Crippen molar-refractivity contribution in [3.63, 3.8) is 0 Å². The first-order chi connectivity index (χ1) is 17.5. The van der Waals surface area contributed by atoms with Crippen molar-refractivity contribution < 1.29 is 13.9 Å². The van der Waals surface area contributed by atoms with Crippen LogP contribution in [0.2, 0.25) is 0 Å². The van der Waals surface area contributed by atoms with Crippen LogP contribution in [0, 0.1) is 5.82 Å². The van der Waals surface area contributed by atoms with Gasteiger partial charge < -0.3 is 9.30 Å². The molecule has 0 aliphatic carbocycles. The van der Waals surface area contributed by atoms with Gasteiger partial charge in [-0.1, -0.05) is 82.4 Å². The van der Waals surface area contributed by atoms with E-state index in [-0.39, 0.29) is 17.5 Å². The Bertz CT molecular complexity index is 1470. The van der Waals surface area contributed by atoms with E-state index in [2.05, 4.69) is 32.6 Å². The predicted octanol–water partition coefficient (Wildman–Crippen LogP) is 7.07. The van der Waals surface area contributed by atoms with Crippen LogP contribution in [0.4, 0.5) is 4.39 Å². The maximum atomic E-state index is 13.9. The molecule has 4 nitrogen and oxygen atoms in total. The van der Waals surface area contributed by atoms with E-state index in [9.17, 15) is 9.18 Å². The van der Waals surface area contributed by atoms with Gasteiger partial charge in [-0.2, -0.15) is 0 Å². The smallest absolute Gasteiger partial charge is 0.266 e. The molecule has 3 aromatic carbocycles. The number of hydrogen-bond acceptors (Lipinski definition) is 4. The molecule has 1 amide bonds. The van der Waals surface area contributed by atoms with E-state index in [0.29, 0.717) is 28.9 Å². The van der Waals surface area contributed by atoms with E-state index in [1.807, 2.05) is 48.7 Å². The zero-order chi connectivity index (χ0) is 25.1. The van der Waals surface area contributed by atoms with Gasteiger partial charge in [0.15, 0.2) is 11.6 Å². The summed E-state index contributed by atoms with van der Waals surface area (Å²) in [5.41, 5.74) is 3.09. The van der Waals surface area contributed by atoms with Crippen LogP contribution in [-0.2, 0) is 17.8 Å². The molecule has 182 valence electrons. The summed E-state index contributed by atoms with van der Waals surface area (Å²) in [5.74, 6) is -0.218. The minimum absolute atomic E-state index is 0.0697. The summed E-state index contributed by atoms with van der Waals surface area (Å²) < 4.78 is 23.1. The monoisotopic (exact) mass is 580 g/mol. The van der Waals surface area contributed by atoms with E-state index < -0.39 is 0 Å². The normalized spacial score (nSPS) is 14.8. The number of halogens is 2. The van der Waals surface area contributed by atoms with Crippen LogP contribution in [0.3, 0.4) is 0 Å². The number of aromatic nitrogens is 1. The molecule has 1 saturated heterocycles. The standard InChI is InChI=1S/C28H22BrFN2O2S2/c29-21-10-11-24-22(17-21)20(18-31(24)14-15-34-25-9-5-4-8-23(25)30)16-26-27(33)32(28(35)36-26)13-12-19-6-2-1-3-7-19/h1-11,16-18H,12-15H2/b26-16-. The number of para-hydroxylation sites is 1. The van der Waals surface area contributed by atoms with Gasteiger partial charge >= 0.3 is 0 Å². The van der Waals surface area contributed by atoms with Crippen LogP contribution in [0.25, 0.3) is 17.0 Å². The summed E-state index contributed by atoms with van der Waals surface area (Å²) >= 11 is 10.4. The van der Waals surface area contributed by atoms with Gasteiger partial charge in [-0.05, 0) is 48.4 Å². The molecule has 2 heterocycles. The second-order valence-electron chi connectivity index (χ2n) is 8.29. The Morgan fingerprint density at radius 3 is 2.61 bits per heavy atom. The largest absolute Gasteiger partial charge is 0.489 e. The number of amides is 1. The van der Waals surface area contributed by atoms with E-state index in [4.69, 9.17) is 17.0 Å². The number of thiocarbonyl (C=S) groups is 1. The molecule has 0 saturated carbocycles. The average Bonchev–Trinajstić information content (AvgIpc) is 3.35. The fraction of sp³-hybridized carbons (Fsp3) is 0.143. The molecule has 1 aliphatic rings. The second-order valence-corrected chi connectivity index (χ2v) is 10.9. The van der Waals surface area contributed by atoms with Gasteiger partial charge in [0.1, 0.15) is 10.9 Å². The number of carbonyl (C=O) groups excluding carboxylic acids is 1. The molecule has 1 aromatic heterocycles. The number of benzene rings is 3. The topological polar surface area (TPSA) is 34.5 Å². The van der Waals surface area contributed by atoms with Crippen LogP contribution >= 0.6 is 39.9 Å². The SMILES string of the molecule is O=C1/C(=C/c2cn(CCOc3ccccc3F)c3ccc(Br)cc23)SC(=S)N1CCc1ccccc1. The molecule has 0 unspecified atom stereocenters. The van der Waals surface area contributed by atoms with Gasteiger partial charge in [0.05, 0.1) is 11.4 Å². The number of nitrogens with zero attached hydrogens (tertiary/aromatic N) is 2. The summed E-state index contributed by atoms with van der Waals surface area (Å²) in [4.78, 5) is 15.5. The highest BCUT2D eigenvalue weighted by Crippen LogP contribution is 2.35. The molecular weight excluding hydrogens is 559 g/mol. The number of rotatable bonds is 8. The quantitative estimate of drug-likeness (QED) is 0.165. The maximum absolute atomic E-state index is 13.9. The number of thioether (sulfide) groups is 1. The molecule has 0 spiro atoms. The van der Waals surface area contributed by atoms with E-state index in [1.54, 1.807) is 23.1 Å². The Labute approximate surface area is 226 Å². The van der Waals surface area contributed by atoms with Crippen molar-refractivity contribution in [3.05, 3.63) is 105 Å². The Balaban J connectivity index is 1.36. The first-order valence-electron chi connectivity index (χ1n) is 11.4. The molecule has 8 heteroatoms. The molecule has 0 N–H and O–H groups in total. The van der Waals surface area contributed by atoms with Gasteiger partial charge in [-0.25, -0.2) is 4.39 Å². The van der Waals surface area contributed by atoms with Gasteiger partial charge in [0.25, 0.3) is 5.91 Å². The zero-order valence-corrected chi connectivity index (χ0v) is 22.4. The Morgan fingerprint density at radius 2 is 1.81 bits per heavy atom. The van der Waals surface area contributed by atoms with E-state index in [0.717, 1.165) is 27.4 Å². The van der Waals surface area contributed by atoms with Crippen molar-refractivity contribution in [2.45, 2.75) is 13.0 Å². The molecule has 1 fully saturated rings. The highest BCUT2D eigenvalue weighted by molar-refractivity contribution is 9.10. The molecule has 1 aliphatic heterocycles. The summed E-state index contributed by atoms with van der Waals surface area (Å²) in [7, 11) is 0. The van der Waals surface area contributed by atoms with Crippen molar-refractivity contribution in [3.8, 4) is 5.75 Å². The van der Waals surface area contributed by atoms with Gasteiger partial charge in [-0.15, -0.1) is 0 Å². The average molecular weight is 582 g/mol. The fourth-order valence-corrected chi connectivity index (χ4v) is 5.79. The summed E-state index contributed by atoms with van der Waals surface area (Å²) in [5, 5.41) is 1.00. The van der Waals surface area contributed by atoms with Crippen molar-refractivity contribution in [2.24, 2.45) is 0 Å². The lowest BCUT2D eigenvalue weighted by Crippen LogP contribution is -2.30. The van der Waals surface area contributed by atoms with E-state index >= 15 is 0 Å². The number of fused-ring (bicyclic) bond motifs is 1. The minimum Gasteiger partial charge on any atom is -0.489 e. The third-order valence-electron chi connectivity index (χ3n) is 5.93. The fourth-order valence-electron chi connectivity index (χ4n) is 4.13. The van der Waals surface area contributed by atoms with Crippen molar-refractivity contribution in [1.82, 2.24) is 9.47 Å². The summed E-state index contributed by atoms with van der Waals surface area (Å²) in [6.07, 6.45) is 4.65. The van der Waals surface area contributed by atoms with Crippen LogP contribution in [-0.4, -0.2) is 32.8 Å². The highest BCUT2D eigenvalue weighted by Gasteiger charge is 2.31. The lowest BCUT2D eigenvalue weighted by Gasteiger charge is -2.14. The van der Waals surface area contributed by atoms with Crippen LogP contribution in [0.15, 0.2) is 88.4 Å². The van der Waals surface area contributed by atoms with E-state index in [1.165, 1.54) is 23.4 Å². The predicted molar refractivity (Wildman–Crippen MR) is 152 cm³/mol. The van der Waals surface area contributed by atoms with Crippen molar-refractivity contribution >= 4 is 67.1 Å². The Hall–Kier alpha value is -2.94. The first kappa shape index (κ1) is 24.7. The molecule has 0 bridgehead atoms. The lowest BCUT2D eigenvalue weighted by atomic mass is 10.1. The summed E-state index contributed by atoms with van der Waals surface area (Å²) in [6, 6.07) is 22.5. The Kier molecular flexibility index (Phi) is 7.55. The van der Waals surface area contributed by atoms with Crippen LogP contribution < -0.4 is 4.74 Å². The lowest BCUT2D eigenvalue weighted by molar-refractivity contribution is -0.122. The van der Waals surface area contributed by atoms with Crippen molar-refractivity contribution in [2.75, 3.05) is 13.2 Å². The Morgan fingerprint density at radius 1 is 1.03 bits per heavy atom. The van der Waals surface area contributed by atoms with Crippen LogP contribution in [0.5, 0.6) is 5.75 Å².